The van der Waals surface area contributed by atoms with E-state index in [2.05, 4.69) is 57.3 Å². The molecule has 0 spiro atoms. The highest BCUT2D eigenvalue weighted by atomic mass is 32.2. The fourth-order valence-corrected chi connectivity index (χ4v) is 3.97. The van der Waals surface area contributed by atoms with Gasteiger partial charge in [0, 0.05) is 42.7 Å². The molecule has 4 rings (SSSR count). The van der Waals surface area contributed by atoms with Crippen LogP contribution in [-0.2, 0) is 19.4 Å². The summed E-state index contributed by atoms with van der Waals surface area (Å²) in [5, 5.41) is 0. The van der Waals surface area contributed by atoms with Crippen molar-refractivity contribution in [3.8, 4) is 0 Å². The Morgan fingerprint density at radius 2 is 2.04 bits per heavy atom. The lowest BCUT2D eigenvalue weighted by atomic mass is 9.95. The number of imidazole rings is 1. The molecule has 26 heavy (non-hydrogen) atoms. The maximum absolute atomic E-state index is 4.70. The van der Waals surface area contributed by atoms with Crippen LogP contribution in [0.5, 0.6) is 0 Å². The molecule has 1 aliphatic rings. The normalized spacial score (nSPS) is 17.2. The van der Waals surface area contributed by atoms with Gasteiger partial charge in [-0.25, -0.2) is 15.0 Å². The minimum Gasteiger partial charge on any atom is -0.348 e. The molecular formula is C20H23N5S. The molecule has 0 bridgehead atoms. The lowest BCUT2D eigenvalue weighted by Gasteiger charge is -2.35. The van der Waals surface area contributed by atoms with Crippen molar-refractivity contribution >= 4 is 11.8 Å². The Balaban J connectivity index is 1.67. The summed E-state index contributed by atoms with van der Waals surface area (Å²) >= 11 is 1.77. The fraction of sp³-hybridized carbons (Fsp3) is 0.350. The quantitative estimate of drug-likeness (QED) is 0.700. The molecule has 1 aromatic carbocycles. The van der Waals surface area contributed by atoms with E-state index in [1.807, 2.05) is 18.6 Å². The fourth-order valence-electron chi connectivity index (χ4n) is 3.56. The Kier molecular flexibility index (Phi) is 5.04. The molecule has 1 atom stereocenters. The number of fused-ring (bicyclic) bond motifs is 1. The third kappa shape index (κ3) is 3.39. The Hall–Kier alpha value is -2.18. The lowest BCUT2D eigenvalue weighted by Crippen LogP contribution is -2.36. The predicted octanol–water partition coefficient (Wildman–Crippen LogP) is 3.63. The van der Waals surface area contributed by atoms with E-state index in [0.29, 0.717) is 0 Å². The Bertz CT molecular complexity index is 874. The molecule has 134 valence electrons. The first-order valence-electron chi connectivity index (χ1n) is 8.99. The van der Waals surface area contributed by atoms with Crippen LogP contribution in [0.4, 0.5) is 0 Å². The summed E-state index contributed by atoms with van der Waals surface area (Å²) in [6, 6.07) is 11.0. The van der Waals surface area contributed by atoms with Gasteiger partial charge in [0.25, 0.3) is 0 Å². The van der Waals surface area contributed by atoms with Crippen molar-refractivity contribution in [1.82, 2.24) is 24.8 Å². The van der Waals surface area contributed by atoms with Crippen molar-refractivity contribution in [2.45, 2.75) is 37.2 Å². The molecule has 0 unspecified atom stereocenters. The molecule has 5 nitrogen and oxygen atoms in total. The minimum atomic E-state index is 0.154. The Labute approximate surface area is 158 Å². The SMILES string of the molecule is CCc1nccc(CN2CCc3[nH]cnc3[C@@H]2c2ccc(SC)cc2)n1. The van der Waals surface area contributed by atoms with Gasteiger partial charge in [0.1, 0.15) is 5.82 Å². The van der Waals surface area contributed by atoms with Gasteiger partial charge in [-0.2, -0.15) is 0 Å². The zero-order valence-electron chi connectivity index (χ0n) is 15.1. The molecule has 3 heterocycles. The second kappa shape index (κ2) is 7.60. The van der Waals surface area contributed by atoms with Crippen LogP contribution in [0.15, 0.2) is 47.8 Å². The zero-order valence-corrected chi connectivity index (χ0v) is 16.0. The van der Waals surface area contributed by atoms with Gasteiger partial charge in [-0.3, -0.25) is 4.90 Å². The first-order chi connectivity index (χ1) is 12.8. The van der Waals surface area contributed by atoms with Crippen molar-refractivity contribution < 1.29 is 0 Å². The van der Waals surface area contributed by atoms with Crippen molar-refractivity contribution in [3.05, 3.63) is 71.3 Å². The summed E-state index contributed by atoms with van der Waals surface area (Å²) in [5.74, 6) is 0.904. The van der Waals surface area contributed by atoms with Gasteiger partial charge in [-0.05, 0) is 30.0 Å². The molecule has 1 aliphatic heterocycles. The number of nitrogens with one attached hydrogen (secondary N) is 1. The number of H-pyrrole nitrogens is 1. The van der Waals surface area contributed by atoms with E-state index in [-0.39, 0.29) is 6.04 Å². The van der Waals surface area contributed by atoms with Crippen LogP contribution in [0.2, 0.25) is 0 Å². The van der Waals surface area contributed by atoms with Crippen LogP contribution >= 0.6 is 11.8 Å². The third-order valence-electron chi connectivity index (χ3n) is 4.90. The molecule has 2 aromatic heterocycles. The summed E-state index contributed by atoms with van der Waals surface area (Å²) in [6.07, 6.45) is 7.64. The number of benzene rings is 1. The van der Waals surface area contributed by atoms with Gasteiger partial charge < -0.3 is 4.98 Å². The lowest BCUT2D eigenvalue weighted by molar-refractivity contribution is 0.197. The molecule has 0 saturated heterocycles. The van der Waals surface area contributed by atoms with Gasteiger partial charge in [0.05, 0.1) is 23.8 Å². The van der Waals surface area contributed by atoms with Crippen molar-refractivity contribution in [3.63, 3.8) is 0 Å². The number of thioether (sulfide) groups is 1. The second-order valence-corrected chi connectivity index (χ2v) is 7.36. The highest BCUT2D eigenvalue weighted by molar-refractivity contribution is 7.98. The van der Waals surface area contributed by atoms with E-state index in [1.54, 1.807) is 11.8 Å². The number of aryl methyl sites for hydroxylation is 1. The third-order valence-corrected chi connectivity index (χ3v) is 5.64. The molecule has 0 fully saturated rings. The molecule has 0 radical (unpaired) electrons. The standard InChI is InChI=1S/C20H23N5S/c1-3-18-21-10-8-15(24-18)12-25-11-9-17-19(23-13-22-17)20(25)14-4-6-16(26-2)7-5-14/h4-8,10,13,20H,3,9,11-12H2,1-2H3,(H,22,23)/t20-/m0/s1. The van der Waals surface area contributed by atoms with Crippen molar-refractivity contribution in [2.24, 2.45) is 0 Å². The van der Waals surface area contributed by atoms with Crippen LogP contribution in [0, 0.1) is 0 Å². The summed E-state index contributed by atoms with van der Waals surface area (Å²) < 4.78 is 0. The number of rotatable bonds is 5. The average Bonchev–Trinajstić information content (AvgIpc) is 3.17. The van der Waals surface area contributed by atoms with Crippen LogP contribution in [0.1, 0.15) is 41.4 Å². The van der Waals surface area contributed by atoms with E-state index in [0.717, 1.165) is 43.1 Å². The summed E-state index contributed by atoms with van der Waals surface area (Å²) in [4.78, 5) is 20.7. The van der Waals surface area contributed by atoms with E-state index in [9.17, 15) is 0 Å². The second-order valence-electron chi connectivity index (χ2n) is 6.48. The average molecular weight is 366 g/mol. The van der Waals surface area contributed by atoms with Crippen LogP contribution in [0.3, 0.4) is 0 Å². The summed E-state index contributed by atoms with van der Waals surface area (Å²) in [7, 11) is 0. The van der Waals surface area contributed by atoms with Crippen LogP contribution in [0.25, 0.3) is 0 Å². The number of hydrogen-bond donors (Lipinski definition) is 1. The van der Waals surface area contributed by atoms with Gasteiger partial charge in [-0.15, -0.1) is 11.8 Å². The topological polar surface area (TPSA) is 57.7 Å². The largest absolute Gasteiger partial charge is 0.348 e. The molecular weight excluding hydrogens is 342 g/mol. The first kappa shape index (κ1) is 17.2. The summed E-state index contributed by atoms with van der Waals surface area (Å²) in [5.41, 5.74) is 4.73. The zero-order chi connectivity index (χ0) is 17.9. The molecule has 0 aliphatic carbocycles. The van der Waals surface area contributed by atoms with Crippen molar-refractivity contribution in [2.75, 3.05) is 12.8 Å². The van der Waals surface area contributed by atoms with E-state index in [1.165, 1.54) is 16.2 Å². The van der Waals surface area contributed by atoms with Gasteiger partial charge in [-0.1, -0.05) is 19.1 Å². The molecule has 0 saturated carbocycles. The predicted molar refractivity (Wildman–Crippen MR) is 104 cm³/mol. The molecule has 3 aromatic rings. The number of aromatic nitrogens is 4. The maximum atomic E-state index is 4.70. The molecule has 1 N–H and O–H groups in total. The smallest absolute Gasteiger partial charge is 0.128 e. The van der Waals surface area contributed by atoms with Crippen LogP contribution in [-0.4, -0.2) is 37.6 Å². The molecule has 0 amide bonds. The Morgan fingerprint density at radius 1 is 1.19 bits per heavy atom. The minimum absolute atomic E-state index is 0.154. The monoisotopic (exact) mass is 365 g/mol. The van der Waals surface area contributed by atoms with Crippen molar-refractivity contribution in [1.29, 1.82) is 0 Å². The van der Waals surface area contributed by atoms with E-state index < -0.39 is 0 Å². The first-order valence-corrected chi connectivity index (χ1v) is 10.2. The van der Waals surface area contributed by atoms with Gasteiger partial charge >= 0.3 is 0 Å². The number of nitrogens with zero attached hydrogens (tertiary/aromatic N) is 4. The van der Waals surface area contributed by atoms with E-state index >= 15 is 0 Å². The highest BCUT2D eigenvalue weighted by Gasteiger charge is 2.31. The number of hydrogen-bond acceptors (Lipinski definition) is 5. The van der Waals surface area contributed by atoms with Crippen LogP contribution < -0.4 is 0 Å². The highest BCUT2D eigenvalue weighted by Crippen LogP contribution is 2.34. The molecule has 6 heteroatoms. The Morgan fingerprint density at radius 3 is 2.81 bits per heavy atom. The van der Waals surface area contributed by atoms with Gasteiger partial charge in [0.2, 0.25) is 0 Å². The summed E-state index contributed by atoms with van der Waals surface area (Å²) in [6.45, 7) is 3.87. The number of aromatic amines is 1. The maximum Gasteiger partial charge on any atom is 0.128 e. The van der Waals surface area contributed by atoms with E-state index in [4.69, 9.17) is 4.98 Å². The van der Waals surface area contributed by atoms with Gasteiger partial charge in [0.15, 0.2) is 0 Å².